The van der Waals surface area contributed by atoms with Crippen LogP contribution in [0.3, 0.4) is 0 Å². The van der Waals surface area contributed by atoms with E-state index in [4.69, 9.17) is 14.6 Å². The topological polar surface area (TPSA) is 105 Å². The number of aliphatic carboxylic acids is 1. The Balaban J connectivity index is 1.61. The zero-order valence-corrected chi connectivity index (χ0v) is 19.4. The number of benzene rings is 1. The van der Waals surface area contributed by atoms with E-state index in [2.05, 4.69) is 5.32 Å². The Labute approximate surface area is 190 Å². The van der Waals surface area contributed by atoms with Gasteiger partial charge in [0.2, 0.25) is 0 Å². The summed E-state index contributed by atoms with van der Waals surface area (Å²) >= 11 is 0. The average Bonchev–Trinajstić information content (AvgIpc) is 2.73. The highest BCUT2D eigenvalue weighted by Gasteiger charge is 2.26. The number of piperidine rings is 1. The second kappa shape index (κ2) is 12.3. The number of carboxylic acids is 1. The van der Waals surface area contributed by atoms with Crippen molar-refractivity contribution in [3.05, 3.63) is 29.8 Å². The van der Waals surface area contributed by atoms with Gasteiger partial charge < -0.3 is 24.8 Å². The molecule has 0 spiro atoms. The number of hydrogen-bond donors (Lipinski definition) is 2. The molecular weight excluding hydrogens is 412 g/mol. The normalized spacial score (nSPS) is 14.7. The number of amides is 2. The summed E-state index contributed by atoms with van der Waals surface area (Å²) in [7, 11) is 0. The molecule has 2 N–H and O–H groups in total. The molecule has 1 saturated heterocycles. The highest BCUT2D eigenvalue weighted by atomic mass is 16.6. The number of likely N-dealkylation sites (tertiary alicyclic amines) is 1. The van der Waals surface area contributed by atoms with E-state index < -0.39 is 11.6 Å². The fourth-order valence-electron chi connectivity index (χ4n) is 3.54. The van der Waals surface area contributed by atoms with Crippen molar-refractivity contribution >= 4 is 18.0 Å². The Morgan fingerprint density at radius 1 is 1.09 bits per heavy atom. The second-order valence-electron chi connectivity index (χ2n) is 9.18. The van der Waals surface area contributed by atoms with E-state index in [0.29, 0.717) is 36.8 Å². The van der Waals surface area contributed by atoms with E-state index in [1.807, 2.05) is 20.8 Å². The molecule has 0 atom stereocenters. The van der Waals surface area contributed by atoms with Crippen molar-refractivity contribution in [2.75, 3.05) is 26.2 Å². The average molecular weight is 449 g/mol. The number of carbonyl (C=O) groups excluding carboxylic acids is 2. The van der Waals surface area contributed by atoms with Crippen molar-refractivity contribution in [1.82, 2.24) is 10.2 Å². The van der Waals surface area contributed by atoms with Crippen LogP contribution in [-0.2, 0) is 9.53 Å². The van der Waals surface area contributed by atoms with Gasteiger partial charge in [-0.2, -0.15) is 0 Å². The first kappa shape index (κ1) is 25.5. The van der Waals surface area contributed by atoms with E-state index in [-0.39, 0.29) is 18.4 Å². The Morgan fingerprint density at radius 3 is 2.34 bits per heavy atom. The van der Waals surface area contributed by atoms with Crippen LogP contribution >= 0.6 is 0 Å². The molecule has 178 valence electrons. The molecule has 1 fully saturated rings. The zero-order chi connectivity index (χ0) is 23.6. The Kier molecular flexibility index (Phi) is 9.81. The lowest BCUT2D eigenvalue weighted by Gasteiger charge is -2.33. The van der Waals surface area contributed by atoms with E-state index in [1.54, 1.807) is 29.2 Å². The van der Waals surface area contributed by atoms with E-state index in [9.17, 15) is 14.4 Å². The van der Waals surface area contributed by atoms with Crippen LogP contribution < -0.4 is 10.1 Å². The molecule has 0 aliphatic carbocycles. The molecule has 2 rings (SSSR count). The number of carboxylic acid groups (broad SMARTS) is 1. The third-order valence-electron chi connectivity index (χ3n) is 5.26. The molecule has 2 amide bonds. The maximum atomic E-state index is 12.1. The van der Waals surface area contributed by atoms with Crippen LogP contribution in [0.1, 0.15) is 69.7 Å². The number of ether oxygens (including phenoxy) is 2. The van der Waals surface area contributed by atoms with Gasteiger partial charge in [0.05, 0.1) is 6.61 Å². The molecule has 0 radical (unpaired) electrons. The first-order valence-electron chi connectivity index (χ1n) is 11.3. The summed E-state index contributed by atoms with van der Waals surface area (Å²) in [4.78, 5) is 36.4. The van der Waals surface area contributed by atoms with Crippen molar-refractivity contribution in [1.29, 1.82) is 0 Å². The summed E-state index contributed by atoms with van der Waals surface area (Å²) < 4.78 is 11.2. The Morgan fingerprint density at radius 2 is 1.75 bits per heavy atom. The van der Waals surface area contributed by atoms with Gasteiger partial charge in [-0.3, -0.25) is 9.59 Å². The van der Waals surface area contributed by atoms with Gasteiger partial charge in [-0.25, -0.2) is 4.79 Å². The molecular formula is C24H36N2O6. The Bertz CT molecular complexity index is 749. The molecule has 0 unspecified atom stereocenters. The zero-order valence-electron chi connectivity index (χ0n) is 19.4. The van der Waals surface area contributed by atoms with Crippen LogP contribution in [0.2, 0.25) is 0 Å². The van der Waals surface area contributed by atoms with Crippen LogP contribution in [0.5, 0.6) is 5.75 Å². The van der Waals surface area contributed by atoms with Crippen molar-refractivity contribution in [3.63, 3.8) is 0 Å². The van der Waals surface area contributed by atoms with Gasteiger partial charge in [-0.1, -0.05) is 0 Å². The quantitative estimate of drug-likeness (QED) is 0.523. The van der Waals surface area contributed by atoms with Gasteiger partial charge in [-0.05, 0) is 83.1 Å². The van der Waals surface area contributed by atoms with Crippen molar-refractivity contribution in [2.45, 2.75) is 64.9 Å². The van der Waals surface area contributed by atoms with Crippen molar-refractivity contribution in [2.24, 2.45) is 5.92 Å². The highest BCUT2D eigenvalue weighted by molar-refractivity contribution is 5.94. The van der Waals surface area contributed by atoms with Crippen molar-refractivity contribution < 1.29 is 29.0 Å². The van der Waals surface area contributed by atoms with E-state index >= 15 is 0 Å². The lowest BCUT2D eigenvalue weighted by molar-refractivity contribution is -0.137. The minimum atomic E-state index is -0.869. The van der Waals surface area contributed by atoms with E-state index in [0.717, 1.165) is 38.8 Å². The fraction of sp³-hybridized carbons (Fsp3) is 0.625. The molecule has 1 aromatic rings. The first-order chi connectivity index (χ1) is 15.1. The van der Waals surface area contributed by atoms with Gasteiger partial charge in [0.15, 0.2) is 0 Å². The largest absolute Gasteiger partial charge is 0.494 e. The maximum Gasteiger partial charge on any atom is 0.410 e. The summed E-state index contributed by atoms with van der Waals surface area (Å²) in [6, 6.07) is 6.94. The molecule has 0 saturated carbocycles. The lowest BCUT2D eigenvalue weighted by atomic mass is 9.92. The second-order valence-corrected chi connectivity index (χ2v) is 9.18. The number of carbonyl (C=O) groups is 3. The number of hydrogen-bond acceptors (Lipinski definition) is 5. The summed E-state index contributed by atoms with van der Waals surface area (Å²) in [5, 5.41) is 11.3. The molecule has 1 aliphatic heterocycles. The predicted octanol–water partition coefficient (Wildman–Crippen LogP) is 4.09. The first-order valence-corrected chi connectivity index (χ1v) is 11.3. The molecule has 8 heteroatoms. The van der Waals surface area contributed by atoms with Gasteiger partial charge >= 0.3 is 12.1 Å². The SMILES string of the molecule is CC(C)(C)OC(=O)N1CCC(CCCOc2ccc(C(=O)NCCCC(=O)O)cc2)CC1. The third kappa shape index (κ3) is 9.58. The summed E-state index contributed by atoms with van der Waals surface area (Å²) in [5.74, 6) is 0.211. The molecule has 0 aromatic heterocycles. The van der Waals surface area contributed by atoms with Crippen LogP contribution in [0.15, 0.2) is 24.3 Å². The lowest BCUT2D eigenvalue weighted by Crippen LogP contribution is -2.41. The minimum Gasteiger partial charge on any atom is -0.494 e. The smallest absolute Gasteiger partial charge is 0.410 e. The van der Waals surface area contributed by atoms with Crippen LogP contribution in [0.4, 0.5) is 4.79 Å². The maximum absolute atomic E-state index is 12.1. The highest BCUT2D eigenvalue weighted by Crippen LogP contribution is 2.23. The molecule has 0 bridgehead atoms. The standard InChI is InChI=1S/C24H36N2O6/c1-24(2,3)32-23(30)26-15-12-18(13-16-26)6-5-17-31-20-10-8-19(9-11-20)22(29)25-14-4-7-21(27)28/h8-11,18H,4-7,12-17H2,1-3H3,(H,25,29)(H,27,28). The van der Waals surface area contributed by atoms with Gasteiger partial charge in [0, 0.05) is 31.6 Å². The fourth-order valence-corrected chi connectivity index (χ4v) is 3.54. The van der Waals surface area contributed by atoms with Crippen LogP contribution in [0.25, 0.3) is 0 Å². The van der Waals surface area contributed by atoms with Gasteiger partial charge in [-0.15, -0.1) is 0 Å². The summed E-state index contributed by atoms with van der Waals surface area (Å²) in [6.45, 7) is 8.05. The van der Waals surface area contributed by atoms with E-state index in [1.165, 1.54) is 0 Å². The summed E-state index contributed by atoms with van der Waals surface area (Å²) in [6.07, 6.45) is 4.17. The molecule has 1 heterocycles. The van der Waals surface area contributed by atoms with Crippen LogP contribution in [0, 0.1) is 5.92 Å². The van der Waals surface area contributed by atoms with Gasteiger partial charge in [0.1, 0.15) is 11.4 Å². The van der Waals surface area contributed by atoms with Crippen molar-refractivity contribution in [3.8, 4) is 5.75 Å². The molecule has 1 aliphatic rings. The predicted molar refractivity (Wildman–Crippen MR) is 121 cm³/mol. The minimum absolute atomic E-state index is 0.0376. The number of rotatable bonds is 10. The third-order valence-corrected chi connectivity index (χ3v) is 5.26. The van der Waals surface area contributed by atoms with Gasteiger partial charge in [0.25, 0.3) is 5.91 Å². The molecule has 1 aromatic carbocycles. The van der Waals surface area contributed by atoms with Crippen LogP contribution in [-0.4, -0.2) is 59.8 Å². The molecule has 32 heavy (non-hydrogen) atoms. The monoisotopic (exact) mass is 448 g/mol. The summed E-state index contributed by atoms with van der Waals surface area (Å²) in [5.41, 5.74) is 0.0549. The Hall–Kier alpha value is -2.77. The number of nitrogens with zero attached hydrogens (tertiary/aromatic N) is 1. The number of nitrogens with one attached hydrogen (secondary N) is 1. The molecule has 8 nitrogen and oxygen atoms in total.